The lowest BCUT2D eigenvalue weighted by atomic mass is 9.95. The van der Waals surface area contributed by atoms with Crippen molar-refractivity contribution in [3.63, 3.8) is 0 Å². The fourth-order valence-corrected chi connectivity index (χ4v) is 2.68. The highest BCUT2D eigenvalue weighted by Crippen LogP contribution is 2.29. The van der Waals surface area contributed by atoms with Crippen LogP contribution in [0.15, 0.2) is 6.33 Å². The molecular weight excluding hydrogens is 242 g/mol. The van der Waals surface area contributed by atoms with Crippen molar-refractivity contribution in [1.82, 2.24) is 9.97 Å². The molecule has 1 fully saturated rings. The van der Waals surface area contributed by atoms with Crippen LogP contribution in [-0.2, 0) is 6.42 Å². The Bertz CT molecular complexity index is 435. The van der Waals surface area contributed by atoms with E-state index < -0.39 is 5.60 Å². The molecule has 0 bridgehead atoms. The highest BCUT2D eigenvalue weighted by molar-refractivity contribution is 5.58. The first kappa shape index (κ1) is 14.0. The minimum Gasteiger partial charge on any atom is -0.388 e. The number of hydrazine groups is 1. The Morgan fingerprint density at radius 2 is 2.32 bits per heavy atom. The molecule has 2 heterocycles. The molecule has 0 radical (unpaired) electrons. The molecule has 1 aromatic heterocycles. The number of rotatable bonds is 4. The number of aromatic nitrogens is 2. The van der Waals surface area contributed by atoms with Gasteiger partial charge in [-0.2, -0.15) is 0 Å². The van der Waals surface area contributed by atoms with Crippen LogP contribution in [0.25, 0.3) is 0 Å². The van der Waals surface area contributed by atoms with Gasteiger partial charge in [-0.1, -0.05) is 13.3 Å². The third-order valence-electron chi connectivity index (χ3n) is 3.53. The van der Waals surface area contributed by atoms with E-state index in [1.165, 1.54) is 6.33 Å². The molecule has 106 valence electrons. The van der Waals surface area contributed by atoms with Crippen LogP contribution in [0, 0.1) is 0 Å². The van der Waals surface area contributed by atoms with E-state index in [1.807, 2.05) is 6.92 Å². The molecule has 0 amide bonds. The number of hydrogen-bond acceptors (Lipinski definition) is 6. The number of hydrogen-bond donors (Lipinski definition) is 3. The average Bonchev–Trinajstić information content (AvgIpc) is 2.38. The van der Waals surface area contributed by atoms with Gasteiger partial charge in [-0.25, -0.2) is 15.8 Å². The van der Waals surface area contributed by atoms with E-state index in [1.54, 1.807) is 0 Å². The zero-order valence-electron chi connectivity index (χ0n) is 11.7. The second-order valence-corrected chi connectivity index (χ2v) is 5.44. The summed E-state index contributed by atoms with van der Waals surface area (Å²) in [5.41, 5.74) is 3.02. The molecule has 1 atom stereocenters. The summed E-state index contributed by atoms with van der Waals surface area (Å²) in [6.45, 7) is 5.50. The zero-order chi connectivity index (χ0) is 13.9. The molecular formula is C13H23N5O. The highest BCUT2D eigenvalue weighted by Gasteiger charge is 2.30. The largest absolute Gasteiger partial charge is 0.388 e. The molecule has 1 aromatic rings. The number of nitrogens with zero attached hydrogens (tertiary/aromatic N) is 3. The van der Waals surface area contributed by atoms with Gasteiger partial charge in [0, 0.05) is 18.7 Å². The second kappa shape index (κ2) is 5.71. The van der Waals surface area contributed by atoms with Crippen molar-refractivity contribution >= 4 is 11.6 Å². The van der Waals surface area contributed by atoms with Gasteiger partial charge in [-0.3, -0.25) is 0 Å². The zero-order valence-corrected chi connectivity index (χ0v) is 11.7. The van der Waals surface area contributed by atoms with Gasteiger partial charge in [-0.15, -0.1) is 0 Å². The molecule has 1 aliphatic heterocycles. The molecule has 1 saturated heterocycles. The molecule has 0 spiro atoms. The molecule has 0 aromatic carbocycles. The normalized spacial score (nSPS) is 23.5. The second-order valence-electron chi connectivity index (χ2n) is 5.44. The van der Waals surface area contributed by atoms with Crippen LogP contribution in [0.5, 0.6) is 0 Å². The highest BCUT2D eigenvalue weighted by atomic mass is 16.3. The van der Waals surface area contributed by atoms with Gasteiger partial charge in [0.2, 0.25) is 0 Å². The van der Waals surface area contributed by atoms with Crippen molar-refractivity contribution in [3.05, 3.63) is 11.9 Å². The van der Waals surface area contributed by atoms with E-state index in [9.17, 15) is 5.11 Å². The maximum atomic E-state index is 10.2. The van der Waals surface area contributed by atoms with Crippen LogP contribution in [0.3, 0.4) is 0 Å². The van der Waals surface area contributed by atoms with E-state index in [0.29, 0.717) is 12.4 Å². The van der Waals surface area contributed by atoms with Gasteiger partial charge in [0.1, 0.15) is 18.0 Å². The summed E-state index contributed by atoms with van der Waals surface area (Å²) in [6.07, 6.45) is 5.19. The lowest BCUT2D eigenvalue weighted by Crippen LogP contribution is -2.46. The maximum Gasteiger partial charge on any atom is 0.148 e. The Kier molecular flexibility index (Phi) is 4.21. The summed E-state index contributed by atoms with van der Waals surface area (Å²) < 4.78 is 0. The van der Waals surface area contributed by atoms with Crippen molar-refractivity contribution < 1.29 is 5.11 Å². The fraction of sp³-hybridized carbons (Fsp3) is 0.692. The van der Waals surface area contributed by atoms with Crippen LogP contribution in [0.4, 0.5) is 11.6 Å². The summed E-state index contributed by atoms with van der Waals surface area (Å²) in [4.78, 5) is 10.7. The van der Waals surface area contributed by atoms with Gasteiger partial charge >= 0.3 is 0 Å². The molecule has 2 rings (SSSR count). The van der Waals surface area contributed by atoms with Gasteiger partial charge in [0.25, 0.3) is 0 Å². The van der Waals surface area contributed by atoms with Gasteiger partial charge < -0.3 is 15.4 Å². The Morgan fingerprint density at radius 1 is 1.53 bits per heavy atom. The predicted molar refractivity (Wildman–Crippen MR) is 75.9 cm³/mol. The van der Waals surface area contributed by atoms with Crippen molar-refractivity contribution in [2.75, 3.05) is 23.4 Å². The minimum atomic E-state index is -0.650. The Morgan fingerprint density at radius 3 is 2.95 bits per heavy atom. The van der Waals surface area contributed by atoms with Crippen molar-refractivity contribution in [2.24, 2.45) is 5.84 Å². The van der Waals surface area contributed by atoms with Gasteiger partial charge in [0.15, 0.2) is 0 Å². The standard InChI is InChI=1S/C13H23N5O/c1-3-5-10-11(17-14)15-9-16-12(10)18-7-4-6-13(2,19)8-18/h9,19H,3-8,14H2,1-2H3,(H,15,16,17). The molecule has 1 unspecified atom stereocenters. The number of aliphatic hydroxyl groups is 1. The molecule has 1 aliphatic rings. The van der Waals surface area contributed by atoms with E-state index >= 15 is 0 Å². The lowest BCUT2D eigenvalue weighted by molar-refractivity contribution is 0.0446. The fourth-order valence-electron chi connectivity index (χ4n) is 2.68. The topological polar surface area (TPSA) is 87.3 Å². The summed E-state index contributed by atoms with van der Waals surface area (Å²) >= 11 is 0. The third-order valence-corrected chi connectivity index (χ3v) is 3.53. The van der Waals surface area contributed by atoms with E-state index in [2.05, 4.69) is 27.2 Å². The average molecular weight is 265 g/mol. The summed E-state index contributed by atoms with van der Waals surface area (Å²) in [5, 5.41) is 10.2. The van der Waals surface area contributed by atoms with Crippen LogP contribution < -0.4 is 16.2 Å². The van der Waals surface area contributed by atoms with E-state index in [4.69, 9.17) is 5.84 Å². The van der Waals surface area contributed by atoms with Crippen LogP contribution >= 0.6 is 0 Å². The van der Waals surface area contributed by atoms with Crippen molar-refractivity contribution in [1.29, 1.82) is 0 Å². The smallest absolute Gasteiger partial charge is 0.148 e. The number of piperidine rings is 1. The van der Waals surface area contributed by atoms with Crippen LogP contribution in [-0.4, -0.2) is 33.8 Å². The van der Waals surface area contributed by atoms with Gasteiger partial charge in [-0.05, 0) is 26.2 Å². The number of anilines is 2. The first-order chi connectivity index (χ1) is 9.07. The minimum absolute atomic E-state index is 0.602. The molecule has 19 heavy (non-hydrogen) atoms. The number of nitrogens with one attached hydrogen (secondary N) is 1. The Labute approximate surface area is 114 Å². The number of β-amino-alcohol motifs (C(OH)–C–C–N with tert-alkyl or cyclic N) is 1. The van der Waals surface area contributed by atoms with Gasteiger partial charge in [0.05, 0.1) is 5.60 Å². The molecule has 4 N–H and O–H groups in total. The first-order valence-electron chi connectivity index (χ1n) is 6.85. The van der Waals surface area contributed by atoms with Crippen molar-refractivity contribution in [3.8, 4) is 0 Å². The van der Waals surface area contributed by atoms with Crippen molar-refractivity contribution in [2.45, 2.75) is 45.1 Å². The Balaban J connectivity index is 2.32. The number of nitrogen functional groups attached to an aromatic ring is 1. The summed E-state index contributed by atoms with van der Waals surface area (Å²) in [7, 11) is 0. The predicted octanol–water partition coefficient (Wildman–Crippen LogP) is 1.07. The quantitative estimate of drug-likeness (QED) is 0.557. The Hall–Kier alpha value is -1.40. The van der Waals surface area contributed by atoms with E-state index in [0.717, 1.165) is 43.6 Å². The summed E-state index contributed by atoms with van der Waals surface area (Å²) in [5.74, 6) is 7.10. The maximum absolute atomic E-state index is 10.2. The number of nitrogens with two attached hydrogens (primary N) is 1. The molecule has 6 heteroatoms. The van der Waals surface area contributed by atoms with Crippen LogP contribution in [0.2, 0.25) is 0 Å². The molecule has 0 saturated carbocycles. The van der Waals surface area contributed by atoms with Crippen LogP contribution in [0.1, 0.15) is 38.7 Å². The lowest BCUT2D eigenvalue weighted by Gasteiger charge is -2.38. The monoisotopic (exact) mass is 265 g/mol. The third kappa shape index (κ3) is 3.13. The first-order valence-corrected chi connectivity index (χ1v) is 6.85. The SMILES string of the molecule is CCCc1c(NN)ncnc1N1CCCC(C)(O)C1. The summed E-state index contributed by atoms with van der Waals surface area (Å²) in [6, 6.07) is 0. The molecule has 6 nitrogen and oxygen atoms in total. The van der Waals surface area contributed by atoms with E-state index in [-0.39, 0.29) is 0 Å². The molecule has 0 aliphatic carbocycles.